The highest BCUT2D eigenvalue weighted by Gasteiger charge is 2.62. The number of benzene rings is 1. The molecule has 3 aliphatic rings. The summed E-state index contributed by atoms with van der Waals surface area (Å²) in [6, 6.07) is 3.89. The van der Waals surface area contributed by atoms with Crippen LogP contribution in [0.1, 0.15) is 31.9 Å². The van der Waals surface area contributed by atoms with E-state index < -0.39 is 23.7 Å². The van der Waals surface area contributed by atoms with Crippen LogP contribution in [0.3, 0.4) is 0 Å². The van der Waals surface area contributed by atoms with Crippen molar-refractivity contribution in [3.05, 3.63) is 35.2 Å². The fourth-order valence-electron chi connectivity index (χ4n) is 4.23. The minimum absolute atomic E-state index is 0.105. The molecule has 136 valence electrons. The van der Waals surface area contributed by atoms with Gasteiger partial charge in [0.05, 0.1) is 6.42 Å². The second-order valence-electron chi connectivity index (χ2n) is 7.37. The van der Waals surface area contributed by atoms with Crippen molar-refractivity contribution < 1.29 is 19.1 Å². The number of carbonyl (C=O) groups is 2. The number of nitrogens with zero attached hydrogens (tertiary/aromatic N) is 3. The highest BCUT2D eigenvalue weighted by molar-refractivity contribution is 5.97. The van der Waals surface area contributed by atoms with Crippen LogP contribution in [-0.4, -0.2) is 59.5 Å². The van der Waals surface area contributed by atoms with Gasteiger partial charge in [-0.25, -0.2) is 6.57 Å². The number of amides is 2. The lowest BCUT2D eigenvalue weighted by Gasteiger charge is -2.41. The first-order chi connectivity index (χ1) is 12.4. The summed E-state index contributed by atoms with van der Waals surface area (Å²) in [5.41, 5.74) is -0.0712. The molecule has 0 aromatic heterocycles. The molecule has 3 heterocycles. The van der Waals surface area contributed by atoms with Crippen molar-refractivity contribution in [3.8, 4) is 11.5 Å². The van der Waals surface area contributed by atoms with Crippen molar-refractivity contribution >= 4 is 11.8 Å². The van der Waals surface area contributed by atoms with Gasteiger partial charge in [-0.05, 0) is 24.6 Å². The number of rotatable bonds is 1. The van der Waals surface area contributed by atoms with Gasteiger partial charge < -0.3 is 24.1 Å². The quantitative estimate of drug-likeness (QED) is 0.719. The lowest BCUT2D eigenvalue weighted by Crippen LogP contribution is -2.60. The highest BCUT2D eigenvalue weighted by Crippen LogP contribution is 2.50. The summed E-state index contributed by atoms with van der Waals surface area (Å²) in [5, 5.41) is 0. The Kier molecular flexibility index (Phi) is 3.62. The van der Waals surface area contributed by atoms with E-state index in [4.69, 9.17) is 16.0 Å². The normalized spacial score (nSPS) is 33.1. The molecule has 2 fully saturated rings. The van der Waals surface area contributed by atoms with Gasteiger partial charge in [0.25, 0.3) is 5.54 Å². The maximum absolute atomic E-state index is 13.0. The SMILES string of the molecule is [C-]#[N+][C@@]1(C)C[C@H]2C(=O)N(C)[C@H](C)C(=O)N2[C@H]1c1ccc2c(c1)OCCO2. The van der Waals surface area contributed by atoms with Crippen molar-refractivity contribution in [1.82, 2.24) is 9.80 Å². The van der Waals surface area contributed by atoms with Crippen molar-refractivity contribution in [3.63, 3.8) is 0 Å². The molecule has 26 heavy (non-hydrogen) atoms. The van der Waals surface area contributed by atoms with Crippen molar-refractivity contribution in [2.45, 2.75) is 43.9 Å². The van der Waals surface area contributed by atoms with E-state index in [0.29, 0.717) is 31.1 Å². The van der Waals surface area contributed by atoms with Gasteiger partial charge in [0.15, 0.2) is 11.5 Å². The van der Waals surface area contributed by atoms with Crippen LogP contribution in [0.25, 0.3) is 4.85 Å². The van der Waals surface area contributed by atoms with Gasteiger partial charge in [-0.2, -0.15) is 0 Å². The third kappa shape index (κ3) is 2.18. The zero-order valence-corrected chi connectivity index (χ0v) is 15.1. The molecule has 1 aromatic rings. The first kappa shape index (κ1) is 16.7. The number of hydrogen-bond acceptors (Lipinski definition) is 4. The van der Waals surface area contributed by atoms with Gasteiger partial charge in [0.2, 0.25) is 11.8 Å². The molecule has 0 unspecified atom stereocenters. The van der Waals surface area contributed by atoms with E-state index >= 15 is 0 Å². The van der Waals surface area contributed by atoms with Gasteiger partial charge in [0.1, 0.15) is 31.3 Å². The summed E-state index contributed by atoms with van der Waals surface area (Å²) in [7, 11) is 1.65. The predicted molar refractivity (Wildman–Crippen MR) is 92.7 cm³/mol. The molecule has 0 bridgehead atoms. The van der Waals surface area contributed by atoms with Gasteiger partial charge in [-0.15, -0.1) is 0 Å². The Labute approximate surface area is 152 Å². The molecule has 4 rings (SSSR count). The molecular formula is C19H21N3O4. The zero-order valence-electron chi connectivity index (χ0n) is 15.1. The van der Waals surface area contributed by atoms with E-state index in [1.54, 1.807) is 18.9 Å². The average Bonchev–Trinajstić information content (AvgIpc) is 2.98. The minimum atomic E-state index is -0.870. The standard InChI is InChI=1S/C19H21N3O4/c1-11-17(23)22-13(18(24)21(11)4)10-19(2,20-3)16(22)12-5-6-14-15(9-12)26-8-7-25-14/h5-6,9,11,13,16H,7-8,10H2,1-2,4H3/t11-,13+,16+,19+/m1/s1. The molecule has 0 radical (unpaired) electrons. The summed E-state index contributed by atoms with van der Waals surface area (Å²) in [5.74, 6) is 1.05. The van der Waals surface area contributed by atoms with E-state index in [9.17, 15) is 9.59 Å². The predicted octanol–water partition coefficient (Wildman–Crippen LogP) is 1.64. The fraction of sp³-hybridized carbons (Fsp3) is 0.526. The molecule has 0 saturated carbocycles. The van der Waals surface area contributed by atoms with Crippen LogP contribution >= 0.6 is 0 Å². The zero-order chi connectivity index (χ0) is 18.6. The van der Waals surface area contributed by atoms with Crippen LogP contribution in [0.5, 0.6) is 11.5 Å². The lowest BCUT2D eigenvalue weighted by molar-refractivity contribution is -0.159. The summed E-state index contributed by atoms with van der Waals surface area (Å²) >= 11 is 0. The Morgan fingerprint density at radius 3 is 2.58 bits per heavy atom. The lowest BCUT2D eigenvalue weighted by atomic mass is 9.87. The third-order valence-corrected chi connectivity index (χ3v) is 5.77. The maximum Gasteiger partial charge on any atom is 0.256 e. The van der Waals surface area contributed by atoms with Crippen LogP contribution in [0.15, 0.2) is 18.2 Å². The van der Waals surface area contributed by atoms with Crippen molar-refractivity contribution in [2.75, 3.05) is 20.3 Å². The summed E-state index contributed by atoms with van der Waals surface area (Å²) in [6.07, 6.45) is 0.331. The Morgan fingerprint density at radius 2 is 1.88 bits per heavy atom. The Balaban J connectivity index is 1.82. The van der Waals surface area contributed by atoms with Crippen molar-refractivity contribution in [1.29, 1.82) is 0 Å². The smallest absolute Gasteiger partial charge is 0.256 e. The number of carbonyl (C=O) groups excluding carboxylic acids is 2. The van der Waals surface area contributed by atoms with E-state index in [1.165, 1.54) is 4.90 Å². The van der Waals surface area contributed by atoms with Crippen LogP contribution in [0.4, 0.5) is 0 Å². The monoisotopic (exact) mass is 355 g/mol. The van der Waals surface area contributed by atoms with Crippen LogP contribution in [0.2, 0.25) is 0 Å². The molecule has 4 atom stereocenters. The second kappa shape index (κ2) is 5.63. The van der Waals surface area contributed by atoms with E-state index in [2.05, 4.69) is 4.85 Å². The van der Waals surface area contributed by atoms with Crippen LogP contribution < -0.4 is 9.47 Å². The molecule has 7 nitrogen and oxygen atoms in total. The number of ether oxygens (including phenoxy) is 2. The molecule has 2 amide bonds. The Hall–Kier alpha value is -2.75. The highest BCUT2D eigenvalue weighted by atomic mass is 16.6. The molecule has 0 spiro atoms. The number of hydrogen-bond donors (Lipinski definition) is 0. The number of piperazine rings is 1. The molecule has 2 saturated heterocycles. The first-order valence-electron chi connectivity index (χ1n) is 8.74. The van der Waals surface area contributed by atoms with Gasteiger partial charge >= 0.3 is 0 Å². The minimum Gasteiger partial charge on any atom is -0.486 e. The average molecular weight is 355 g/mol. The molecule has 0 aliphatic carbocycles. The number of likely N-dealkylation sites (N-methyl/N-ethyl adjacent to an activating group) is 1. The molecular weight excluding hydrogens is 334 g/mol. The van der Waals surface area contributed by atoms with Gasteiger partial charge in [-0.1, -0.05) is 6.07 Å². The van der Waals surface area contributed by atoms with E-state index in [-0.39, 0.29) is 11.8 Å². The topological polar surface area (TPSA) is 63.4 Å². The Bertz CT molecular complexity index is 833. The molecule has 0 N–H and O–H groups in total. The summed E-state index contributed by atoms with van der Waals surface area (Å²) < 4.78 is 11.2. The molecule has 7 heteroatoms. The van der Waals surface area contributed by atoms with Crippen molar-refractivity contribution in [2.24, 2.45) is 0 Å². The molecule has 1 aromatic carbocycles. The second-order valence-corrected chi connectivity index (χ2v) is 7.37. The largest absolute Gasteiger partial charge is 0.486 e. The fourth-order valence-corrected chi connectivity index (χ4v) is 4.23. The van der Waals surface area contributed by atoms with E-state index in [0.717, 1.165) is 5.56 Å². The summed E-state index contributed by atoms with van der Waals surface area (Å²) in [6.45, 7) is 12.3. The first-order valence-corrected chi connectivity index (χ1v) is 8.74. The maximum atomic E-state index is 13.0. The van der Waals surface area contributed by atoms with Gasteiger partial charge in [-0.3, -0.25) is 9.59 Å². The molecule has 3 aliphatic heterocycles. The summed E-state index contributed by atoms with van der Waals surface area (Å²) in [4.78, 5) is 32.7. The third-order valence-electron chi connectivity index (χ3n) is 5.77. The Morgan fingerprint density at radius 1 is 1.19 bits per heavy atom. The van der Waals surface area contributed by atoms with Gasteiger partial charge in [0, 0.05) is 14.0 Å². The van der Waals surface area contributed by atoms with Crippen LogP contribution in [0, 0.1) is 6.57 Å². The number of fused-ring (bicyclic) bond motifs is 2. The van der Waals surface area contributed by atoms with Crippen LogP contribution in [-0.2, 0) is 9.59 Å². The van der Waals surface area contributed by atoms with E-state index in [1.807, 2.05) is 25.1 Å².